The number of nitrogens with zero attached hydrogens (tertiary/aromatic N) is 6. The number of pyridine rings is 1. The fraction of sp³-hybridized carbons (Fsp3) is 0.419. The number of hydrogen-bond donors (Lipinski definition) is 0. The van der Waals surface area contributed by atoms with Crippen molar-refractivity contribution in [1.82, 2.24) is 29.6 Å². The summed E-state index contributed by atoms with van der Waals surface area (Å²) in [4.78, 5) is 12.1. The third kappa shape index (κ3) is 5.62. The number of halogens is 1. The lowest BCUT2D eigenvalue weighted by Gasteiger charge is -2.19. The second-order valence-corrected chi connectivity index (χ2v) is 12.1. The summed E-state index contributed by atoms with van der Waals surface area (Å²) in [6.07, 6.45) is 6.92. The quantitative estimate of drug-likeness (QED) is 0.156. The molecule has 0 saturated heterocycles. The van der Waals surface area contributed by atoms with Gasteiger partial charge in [0.05, 0.1) is 5.52 Å². The predicted octanol–water partition coefficient (Wildman–Crippen LogP) is 6.44. The highest BCUT2D eigenvalue weighted by Crippen LogP contribution is 2.34. The van der Waals surface area contributed by atoms with E-state index in [9.17, 15) is 0 Å². The Morgan fingerprint density at radius 2 is 1.80 bits per heavy atom. The highest BCUT2D eigenvalue weighted by Gasteiger charge is 2.24. The molecule has 0 atom stereocenters. The lowest BCUT2D eigenvalue weighted by atomic mass is 10.0. The molecule has 7 nitrogen and oxygen atoms in total. The molecular weight excluding hydrogens is 540 g/mol. The summed E-state index contributed by atoms with van der Waals surface area (Å²) in [5, 5.41) is 11.1. The van der Waals surface area contributed by atoms with Crippen molar-refractivity contribution < 1.29 is 4.42 Å². The molecule has 1 aliphatic heterocycles. The van der Waals surface area contributed by atoms with Crippen LogP contribution in [0.4, 0.5) is 0 Å². The van der Waals surface area contributed by atoms with Crippen LogP contribution in [0.3, 0.4) is 0 Å². The van der Waals surface area contributed by atoms with Crippen LogP contribution in [0.2, 0.25) is 0 Å². The minimum Gasteiger partial charge on any atom is -0.441 e. The van der Waals surface area contributed by atoms with E-state index in [1.54, 1.807) is 11.8 Å². The molecule has 5 aromatic rings. The Bertz CT molecular complexity index is 1610. The number of hydrogen-bond acceptors (Lipinski definition) is 7. The molecule has 0 unspecified atom stereocenters. The maximum atomic E-state index is 6.10. The zero-order chi connectivity index (χ0) is 26.3. The largest absolute Gasteiger partial charge is 0.441 e. The van der Waals surface area contributed by atoms with E-state index in [1.165, 1.54) is 24.0 Å². The molecule has 2 aromatic carbocycles. The molecule has 3 aromatic heterocycles. The average molecular weight is 575 g/mol. The van der Waals surface area contributed by atoms with Crippen LogP contribution < -0.4 is 0 Å². The number of thioether (sulfide) groups is 1. The minimum atomic E-state index is 0. The topological polar surface area (TPSA) is 72.9 Å². The van der Waals surface area contributed by atoms with Gasteiger partial charge in [-0.15, -0.1) is 22.6 Å². The molecule has 0 N–H and O–H groups in total. The molecule has 2 aliphatic rings. The van der Waals surface area contributed by atoms with Crippen LogP contribution in [0.1, 0.15) is 42.0 Å². The highest BCUT2D eigenvalue weighted by atomic mass is 35.5. The van der Waals surface area contributed by atoms with Gasteiger partial charge in [-0.1, -0.05) is 30.0 Å². The molecule has 1 saturated carbocycles. The van der Waals surface area contributed by atoms with Crippen LogP contribution in [-0.2, 0) is 26.3 Å². The monoisotopic (exact) mass is 574 g/mol. The summed E-state index contributed by atoms with van der Waals surface area (Å²) in [7, 11) is 2.06. The highest BCUT2D eigenvalue weighted by molar-refractivity contribution is 7.99. The molecule has 208 valence electrons. The summed E-state index contributed by atoms with van der Waals surface area (Å²) < 4.78 is 8.21. The van der Waals surface area contributed by atoms with Crippen molar-refractivity contribution in [3.05, 3.63) is 65.2 Å². The lowest BCUT2D eigenvalue weighted by Crippen LogP contribution is -2.27. The van der Waals surface area contributed by atoms with Gasteiger partial charge in [0.25, 0.3) is 0 Å². The zero-order valence-corrected chi connectivity index (χ0v) is 24.7. The van der Waals surface area contributed by atoms with Crippen LogP contribution in [0.5, 0.6) is 0 Å². The predicted molar refractivity (Wildman–Crippen MR) is 163 cm³/mol. The van der Waals surface area contributed by atoms with Gasteiger partial charge in [0, 0.05) is 49.0 Å². The van der Waals surface area contributed by atoms with Crippen LogP contribution in [0, 0.1) is 12.8 Å². The van der Waals surface area contributed by atoms with Crippen LogP contribution in [0.15, 0.2) is 52.0 Å². The summed E-state index contributed by atoms with van der Waals surface area (Å²) in [5.74, 6) is 3.63. The average Bonchev–Trinajstić information content (AvgIpc) is 3.60. The lowest BCUT2D eigenvalue weighted by molar-refractivity contribution is 0.289. The van der Waals surface area contributed by atoms with E-state index in [-0.39, 0.29) is 12.4 Å². The molecule has 9 heteroatoms. The van der Waals surface area contributed by atoms with Gasteiger partial charge >= 0.3 is 0 Å². The Labute approximate surface area is 245 Å². The molecule has 4 heterocycles. The summed E-state index contributed by atoms with van der Waals surface area (Å²) in [5.41, 5.74) is 7.96. The Morgan fingerprint density at radius 3 is 2.62 bits per heavy atom. The van der Waals surface area contributed by atoms with E-state index >= 15 is 0 Å². The van der Waals surface area contributed by atoms with Crippen molar-refractivity contribution >= 4 is 46.2 Å². The molecule has 0 bridgehead atoms. The van der Waals surface area contributed by atoms with Gasteiger partial charge < -0.3 is 13.9 Å². The maximum Gasteiger partial charge on any atom is 0.195 e. The fourth-order valence-corrected chi connectivity index (χ4v) is 6.53. The van der Waals surface area contributed by atoms with Gasteiger partial charge in [-0.05, 0) is 86.9 Å². The van der Waals surface area contributed by atoms with E-state index in [0.717, 1.165) is 107 Å². The second-order valence-electron chi connectivity index (χ2n) is 11.1. The smallest absolute Gasteiger partial charge is 0.195 e. The van der Waals surface area contributed by atoms with Gasteiger partial charge in [0.15, 0.2) is 22.5 Å². The molecule has 7 rings (SSSR count). The number of fused-ring (bicyclic) bond motifs is 3. The van der Waals surface area contributed by atoms with Gasteiger partial charge in [0.2, 0.25) is 0 Å². The van der Waals surface area contributed by atoms with Gasteiger partial charge in [-0.2, -0.15) is 0 Å². The number of benzene rings is 2. The molecule has 0 radical (unpaired) electrons. The third-order valence-corrected chi connectivity index (χ3v) is 9.21. The maximum absolute atomic E-state index is 6.10. The van der Waals surface area contributed by atoms with Crippen molar-refractivity contribution in [3.8, 4) is 11.4 Å². The van der Waals surface area contributed by atoms with E-state index < -0.39 is 0 Å². The van der Waals surface area contributed by atoms with E-state index in [1.807, 2.05) is 13.0 Å². The Hall–Kier alpha value is -2.94. The number of aryl methyl sites for hydroxylation is 1. The van der Waals surface area contributed by atoms with Crippen LogP contribution in [-0.4, -0.2) is 55.0 Å². The van der Waals surface area contributed by atoms with Crippen LogP contribution in [0.25, 0.3) is 33.4 Å². The molecule has 1 aliphatic carbocycles. The van der Waals surface area contributed by atoms with E-state index in [2.05, 4.69) is 68.1 Å². The first-order chi connectivity index (χ1) is 19.1. The SMILES string of the molecule is Cc1ccc2c(-c3nnc(SCCCN4CCc5cc6nc(CC7CC7)oc6cc5CC4)n3C)cccc2n1.Cl. The second kappa shape index (κ2) is 11.5. The van der Waals surface area contributed by atoms with Gasteiger partial charge in [0.1, 0.15) is 5.52 Å². The third-order valence-electron chi connectivity index (χ3n) is 8.11. The van der Waals surface area contributed by atoms with Crippen molar-refractivity contribution in [1.29, 1.82) is 0 Å². The molecule has 40 heavy (non-hydrogen) atoms. The molecule has 0 amide bonds. The fourth-order valence-electron chi connectivity index (χ4n) is 5.70. The Morgan fingerprint density at radius 1 is 0.975 bits per heavy atom. The Balaban J connectivity index is 0.00000289. The zero-order valence-electron chi connectivity index (χ0n) is 23.1. The summed E-state index contributed by atoms with van der Waals surface area (Å²) in [6.45, 7) is 5.31. The van der Waals surface area contributed by atoms with E-state index in [0.29, 0.717) is 0 Å². The molecule has 0 spiro atoms. The number of rotatable bonds is 8. The first-order valence-corrected chi connectivity index (χ1v) is 15.1. The van der Waals surface area contributed by atoms with Crippen molar-refractivity contribution in [2.24, 2.45) is 13.0 Å². The number of aromatic nitrogens is 5. The van der Waals surface area contributed by atoms with Crippen molar-refractivity contribution in [2.75, 3.05) is 25.4 Å². The summed E-state index contributed by atoms with van der Waals surface area (Å²) >= 11 is 1.79. The normalized spacial score (nSPS) is 15.8. The minimum absolute atomic E-state index is 0. The number of oxazole rings is 1. The first-order valence-electron chi connectivity index (χ1n) is 14.1. The van der Waals surface area contributed by atoms with Crippen molar-refractivity contribution in [3.63, 3.8) is 0 Å². The standard InChI is InChI=1S/C31H34N6OS.ClH/c1-20-7-10-24-25(5-3-6-26(24)32-20)30-34-35-31(36(30)2)39-16-4-13-37-14-11-22-18-27-28(19-23(22)12-15-37)38-29(33-27)17-21-8-9-21;/h3,5-7,10,18-19,21H,4,8-9,11-17H2,1-2H3;1H. The summed E-state index contributed by atoms with van der Waals surface area (Å²) in [6, 6.07) is 14.9. The van der Waals surface area contributed by atoms with Gasteiger partial charge in [-0.25, -0.2) is 4.98 Å². The van der Waals surface area contributed by atoms with Crippen LogP contribution >= 0.6 is 24.2 Å². The first kappa shape index (κ1) is 27.2. The molecule has 1 fully saturated rings. The van der Waals surface area contributed by atoms with Gasteiger partial charge in [-0.3, -0.25) is 4.98 Å². The van der Waals surface area contributed by atoms with Crippen molar-refractivity contribution in [2.45, 2.75) is 50.6 Å². The Kier molecular flexibility index (Phi) is 7.84. The molecular formula is C31H35ClN6OS. The van der Waals surface area contributed by atoms with E-state index in [4.69, 9.17) is 9.40 Å².